The van der Waals surface area contributed by atoms with Crippen molar-refractivity contribution in [2.45, 2.75) is 20.8 Å². The van der Waals surface area contributed by atoms with Gasteiger partial charge in [-0.25, -0.2) is 0 Å². The Kier molecular flexibility index (Phi) is 7.61. The predicted molar refractivity (Wildman–Crippen MR) is 117 cm³/mol. The molecule has 1 N–H and O–H groups in total. The van der Waals surface area contributed by atoms with Crippen molar-refractivity contribution in [1.29, 1.82) is 0 Å². The van der Waals surface area contributed by atoms with E-state index < -0.39 is 0 Å². The Labute approximate surface area is 173 Å². The average molecular weight is 402 g/mol. The number of halogens is 1. The smallest absolute Gasteiger partial charge is 0.238 e. The summed E-state index contributed by atoms with van der Waals surface area (Å²) in [4.78, 5) is 28.2. The second kappa shape index (κ2) is 9.71. The highest BCUT2D eigenvalue weighted by atomic mass is 35.5. The molecule has 1 amide bonds. The van der Waals surface area contributed by atoms with E-state index in [4.69, 9.17) is 0 Å². The number of benzene rings is 2. The zero-order chi connectivity index (χ0) is 19.4. The lowest BCUT2D eigenvalue weighted by atomic mass is 10.1. The molecular formula is C22H28ClN3O2. The summed E-state index contributed by atoms with van der Waals surface area (Å²) in [5.41, 5.74) is 5.23. The van der Waals surface area contributed by atoms with Crippen molar-refractivity contribution in [3.8, 4) is 0 Å². The Hall–Kier alpha value is -2.37. The molecule has 0 spiro atoms. The Balaban J connectivity index is 0.00000280. The maximum Gasteiger partial charge on any atom is 0.238 e. The topological polar surface area (TPSA) is 52.7 Å². The maximum atomic E-state index is 12.3. The lowest BCUT2D eigenvalue weighted by Crippen LogP contribution is -2.48. The first-order valence-electron chi connectivity index (χ1n) is 9.38. The Morgan fingerprint density at radius 3 is 2.21 bits per heavy atom. The van der Waals surface area contributed by atoms with Crippen LogP contribution in [0.5, 0.6) is 0 Å². The first-order valence-corrected chi connectivity index (χ1v) is 9.38. The minimum atomic E-state index is -0.0224. The van der Waals surface area contributed by atoms with Crippen LogP contribution in [0, 0.1) is 13.8 Å². The van der Waals surface area contributed by atoms with Crippen LogP contribution in [0.2, 0.25) is 0 Å². The van der Waals surface area contributed by atoms with Gasteiger partial charge in [0.2, 0.25) is 5.91 Å². The number of nitrogens with zero attached hydrogens (tertiary/aromatic N) is 2. The van der Waals surface area contributed by atoms with E-state index in [1.807, 2.05) is 0 Å². The van der Waals surface area contributed by atoms with Gasteiger partial charge in [-0.1, -0.05) is 12.1 Å². The van der Waals surface area contributed by atoms with Crippen LogP contribution in [-0.4, -0.2) is 49.3 Å². The molecule has 1 heterocycles. The van der Waals surface area contributed by atoms with E-state index in [0.717, 1.165) is 31.9 Å². The average Bonchev–Trinajstić information content (AvgIpc) is 2.65. The van der Waals surface area contributed by atoms with Crippen molar-refractivity contribution >= 4 is 35.5 Å². The lowest BCUT2D eigenvalue weighted by Gasteiger charge is -2.36. The molecule has 0 saturated carbocycles. The summed E-state index contributed by atoms with van der Waals surface area (Å²) in [6.07, 6.45) is 0. The summed E-state index contributed by atoms with van der Waals surface area (Å²) in [6, 6.07) is 13.6. The van der Waals surface area contributed by atoms with Crippen molar-refractivity contribution in [2.24, 2.45) is 0 Å². The van der Waals surface area contributed by atoms with Gasteiger partial charge in [0.1, 0.15) is 0 Å². The summed E-state index contributed by atoms with van der Waals surface area (Å²) >= 11 is 0. The van der Waals surface area contributed by atoms with Gasteiger partial charge in [-0.05, 0) is 62.2 Å². The first kappa shape index (κ1) is 21.9. The zero-order valence-electron chi connectivity index (χ0n) is 16.7. The van der Waals surface area contributed by atoms with E-state index in [0.29, 0.717) is 12.1 Å². The molecule has 2 aromatic rings. The molecule has 1 saturated heterocycles. The molecular weight excluding hydrogens is 374 g/mol. The second-order valence-corrected chi connectivity index (χ2v) is 7.23. The molecule has 0 atom stereocenters. The fraction of sp³-hybridized carbons (Fsp3) is 0.364. The third-order valence-corrected chi connectivity index (χ3v) is 5.02. The molecule has 0 aliphatic carbocycles. The molecule has 5 nitrogen and oxygen atoms in total. The molecule has 1 fully saturated rings. The summed E-state index contributed by atoms with van der Waals surface area (Å²) in [6.45, 7) is 9.75. The van der Waals surface area contributed by atoms with Gasteiger partial charge in [0.25, 0.3) is 0 Å². The minimum Gasteiger partial charge on any atom is -0.369 e. The first-order chi connectivity index (χ1) is 12.9. The van der Waals surface area contributed by atoms with Gasteiger partial charge >= 0.3 is 0 Å². The van der Waals surface area contributed by atoms with Crippen molar-refractivity contribution < 1.29 is 9.59 Å². The van der Waals surface area contributed by atoms with Gasteiger partial charge < -0.3 is 10.2 Å². The van der Waals surface area contributed by atoms with Gasteiger partial charge in [-0.15, -0.1) is 12.4 Å². The van der Waals surface area contributed by atoms with E-state index >= 15 is 0 Å². The third kappa shape index (κ3) is 5.57. The van der Waals surface area contributed by atoms with Crippen LogP contribution in [0.25, 0.3) is 0 Å². The van der Waals surface area contributed by atoms with Crippen molar-refractivity contribution in [1.82, 2.24) is 4.90 Å². The molecule has 2 aromatic carbocycles. The number of carbonyl (C=O) groups excluding carboxylic acids is 2. The Bertz CT molecular complexity index is 828. The Morgan fingerprint density at radius 1 is 0.964 bits per heavy atom. The van der Waals surface area contributed by atoms with E-state index in [2.05, 4.69) is 47.2 Å². The van der Waals surface area contributed by atoms with Gasteiger partial charge in [-0.3, -0.25) is 14.5 Å². The van der Waals surface area contributed by atoms with Crippen LogP contribution in [0.4, 0.5) is 11.4 Å². The number of nitrogens with one attached hydrogen (secondary N) is 1. The highest BCUT2D eigenvalue weighted by Crippen LogP contribution is 2.22. The van der Waals surface area contributed by atoms with E-state index in [9.17, 15) is 9.59 Å². The minimum absolute atomic E-state index is 0. The maximum absolute atomic E-state index is 12.3. The van der Waals surface area contributed by atoms with E-state index in [1.54, 1.807) is 24.3 Å². The normalized spacial score (nSPS) is 14.3. The Morgan fingerprint density at radius 2 is 1.61 bits per heavy atom. The molecule has 3 rings (SSSR count). The molecule has 0 radical (unpaired) electrons. The fourth-order valence-corrected chi connectivity index (χ4v) is 3.40. The van der Waals surface area contributed by atoms with Gasteiger partial charge in [0.15, 0.2) is 5.78 Å². The number of hydrogen-bond acceptors (Lipinski definition) is 4. The van der Waals surface area contributed by atoms with Crippen LogP contribution >= 0.6 is 12.4 Å². The molecule has 150 valence electrons. The monoisotopic (exact) mass is 401 g/mol. The third-order valence-electron chi connectivity index (χ3n) is 5.02. The quantitative estimate of drug-likeness (QED) is 0.776. The largest absolute Gasteiger partial charge is 0.369 e. The highest BCUT2D eigenvalue weighted by molar-refractivity contribution is 5.96. The number of piperazine rings is 1. The lowest BCUT2D eigenvalue weighted by molar-refractivity contribution is -0.117. The number of anilines is 2. The summed E-state index contributed by atoms with van der Waals surface area (Å²) in [7, 11) is 0. The van der Waals surface area contributed by atoms with E-state index in [1.165, 1.54) is 23.7 Å². The van der Waals surface area contributed by atoms with Crippen molar-refractivity contribution in [2.75, 3.05) is 42.9 Å². The predicted octanol–water partition coefficient (Wildman–Crippen LogP) is 3.69. The van der Waals surface area contributed by atoms with Crippen molar-refractivity contribution in [3.63, 3.8) is 0 Å². The highest BCUT2D eigenvalue weighted by Gasteiger charge is 2.20. The molecule has 6 heteroatoms. The van der Waals surface area contributed by atoms with Gasteiger partial charge in [0, 0.05) is 43.1 Å². The van der Waals surface area contributed by atoms with Gasteiger partial charge in [0.05, 0.1) is 6.54 Å². The number of rotatable bonds is 5. The summed E-state index contributed by atoms with van der Waals surface area (Å²) in [5.74, 6) is 0.000329. The van der Waals surface area contributed by atoms with Crippen molar-refractivity contribution in [3.05, 3.63) is 59.2 Å². The number of Topliss-reactive ketones (excluding diaryl/α,β-unsaturated/α-hetero) is 1. The number of amides is 1. The van der Waals surface area contributed by atoms with Crippen LogP contribution < -0.4 is 10.2 Å². The molecule has 0 bridgehead atoms. The number of aryl methyl sites for hydroxylation is 2. The molecule has 1 aliphatic heterocycles. The standard InChI is InChI=1S/C22H27N3O2.ClH/c1-16-4-5-17(2)21(14-16)25-12-10-24(11-13-25)15-22(27)23-20-8-6-19(7-9-20)18(3)26;/h4-9,14H,10-13,15H2,1-3H3,(H,23,27);1H. The number of ketones is 1. The summed E-state index contributed by atoms with van der Waals surface area (Å²) in [5, 5.41) is 2.91. The molecule has 0 unspecified atom stereocenters. The number of carbonyl (C=O) groups is 2. The second-order valence-electron chi connectivity index (χ2n) is 7.23. The van der Waals surface area contributed by atoms with E-state index in [-0.39, 0.29) is 24.1 Å². The van der Waals surface area contributed by atoms with Crippen LogP contribution in [0.1, 0.15) is 28.4 Å². The van der Waals surface area contributed by atoms with Crippen LogP contribution in [0.15, 0.2) is 42.5 Å². The fourth-order valence-electron chi connectivity index (χ4n) is 3.40. The SMILES string of the molecule is CC(=O)c1ccc(NC(=O)CN2CCN(c3cc(C)ccc3C)CC2)cc1.Cl. The summed E-state index contributed by atoms with van der Waals surface area (Å²) < 4.78 is 0. The molecule has 28 heavy (non-hydrogen) atoms. The van der Waals surface area contributed by atoms with Gasteiger partial charge in [-0.2, -0.15) is 0 Å². The molecule has 0 aromatic heterocycles. The van der Waals surface area contributed by atoms with Crippen LogP contribution in [-0.2, 0) is 4.79 Å². The van der Waals surface area contributed by atoms with Crippen LogP contribution in [0.3, 0.4) is 0 Å². The number of hydrogen-bond donors (Lipinski definition) is 1. The zero-order valence-corrected chi connectivity index (χ0v) is 17.5. The molecule has 1 aliphatic rings.